The van der Waals surface area contributed by atoms with Crippen LogP contribution in [0.2, 0.25) is 0 Å². The number of benzene rings is 1. The zero-order valence-corrected chi connectivity index (χ0v) is 16.3. The molecule has 8 heteroatoms. The molecular weight excluding hydrogens is 378 g/mol. The Balaban J connectivity index is 1.68. The summed E-state index contributed by atoms with van der Waals surface area (Å²) in [4.78, 5) is 12.8. The fourth-order valence-corrected chi connectivity index (χ4v) is 5.19. The Kier molecular flexibility index (Phi) is 4.80. The number of sulfone groups is 1. The summed E-state index contributed by atoms with van der Waals surface area (Å²) in [7, 11) is -3.09. The third kappa shape index (κ3) is 3.60. The van der Waals surface area contributed by atoms with Crippen LogP contribution in [0.5, 0.6) is 0 Å². The minimum absolute atomic E-state index is 0.0160. The lowest BCUT2D eigenvalue weighted by atomic mass is 10.1. The minimum atomic E-state index is -3.09. The van der Waals surface area contributed by atoms with E-state index in [9.17, 15) is 13.2 Å². The molecule has 1 N–H and O–H groups in total. The molecule has 1 aliphatic heterocycles. The van der Waals surface area contributed by atoms with Crippen LogP contribution in [0.25, 0.3) is 11.5 Å². The average molecular weight is 399 g/mol. The Hall–Kier alpha value is -2.87. The Morgan fingerprint density at radius 1 is 1.29 bits per heavy atom. The smallest absolute Gasteiger partial charge is 0.276 e. The zero-order valence-electron chi connectivity index (χ0n) is 15.5. The highest BCUT2D eigenvalue weighted by Crippen LogP contribution is 2.30. The SMILES string of the molecule is CCc1ccccc1NC(=O)c1cc(-c2ccco2)n(C2CCS(=O)(=O)C2)n1. The van der Waals surface area contributed by atoms with Crippen molar-refractivity contribution in [3.63, 3.8) is 0 Å². The van der Waals surface area contributed by atoms with Gasteiger partial charge in [-0.3, -0.25) is 9.48 Å². The van der Waals surface area contributed by atoms with Crippen molar-refractivity contribution in [2.24, 2.45) is 0 Å². The van der Waals surface area contributed by atoms with Crippen LogP contribution in [0.1, 0.15) is 35.4 Å². The van der Waals surface area contributed by atoms with E-state index in [2.05, 4.69) is 10.4 Å². The first kappa shape index (κ1) is 18.5. The van der Waals surface area contributed by atoms with Crippen molar-refractivity contribution in [1.82, 2.24) is 9.78 Å². The molecule has 3 heterocycles. The van der Waals surface area contributed by atoms with Crippen LogP contribution in [0, 0.1) is 0 Å². The van der Waals surface area contributed by atoms with Crippen molar-refractivity contribution in [3.8, 4) is 11.5 Å². The molecule has 1 amide bonds. The van der Waals surface area contributed by atoms with E-state index in [0.29, 0.717) is 17.9 Å². The molecule has 2 aromatic heterocycles. The molecule has 1 fully saturated rings. The monoisotopic (exact) mass is 399 g/mol. The van der Waals surface area contributed by atoms with Crippen molar-refractivity contribution in [2.45, 2.75) is 25.8 Å². The third-order valence-electron chi connectivity index (χ3n) is 4.94. The number of aryl methyl sites for hydroxylation is 1. The normalized spacial score (nSPS) is 18.2. The summed E-state index contributed by atoms with van der Waals surface area (Å²) < 4.78 is 30.9. The average Bonchev–Trinajstić information content (AvgIpc) is 3.40. The Morgan fingerprint density at radius 3 is 2.79 bits per heavy atom. The van der Waals surface area contributed by atoms with Crippen molar-refractivity contribution in [1.29, 1.82) is 0 Å². The quantitative estimate of drug-likeness (QED) is 0.710. The van der Waals surface area contributed by atoms with Gasteiger partial charge in [0.15, 0.2) is 21.3 Å². The number of hydrogen-bond acceptors (Lipinski definition) is 5. The van der Waals surface area contributed by atoms with Crippen LogP contribution in [0.4, 0.5) is 5.69 Å². The van der Waals surface area contributed by atoms with Crippen molar-refractivity contribution < 1.29 is 17.6 Å². The summed E-state index contributed by atoms with van der Waals surface area (Å²) in [5.74, 6) is 0.348. The summed E-state index contributed by atoms with van der Waals surface area (Å²) in [5, 5.41) is 7.35. The molecule has 1 aliphatic rings. The number of hydrogen-bond donors (Lipinski definition) is 1. The van der Waals surface area contributed by atoms with E-state index in [1.165, 1.54) is 6.26 Å². The van der Waals surface area contributed by atoms with Crippen molar-refractivity contribution >= 4 is 21.4 Å². The second-order valence-corrected chi connectivity index (χ2v) is 9.09. The summed E-state index contributed by atoms with van der Waals surface area (Å²) in [5.41, 5.74) is 2.60. The van der Waals surface area contributed by atoms with E-state index >= 15 is 0 Å². The second-order valence-electron chi connectivity index (χ2n) is 6.86. The van der Waals surface area contributed by atoms with E-state index in [0.717, 1.165) is 17.7 Å². The minimum Gasteiger partial charge on any atom is -0.463 e. The van der Waals surface area contributed by atoms with E-state index in [4.69, 9.17) is 4.42 Å². The fourth-order valence-electron chi connectivity index (χ4n) is 3.50. The number of aromatic nitrogens is 2. The molecule has 0 bridgehead atoms. The molecule has 1 aromatic carbocycles. The summed E-state index contributed by atoms with van der Waals surface area (Å²) in [6.45, 7) is 2.02. The number of para-hydroxylation sites is 1. The van der Waals surface area contributed by atoms with E-state index in [-0.39, 0.29) is 29.1 Å². The third-order valence-corrected chi connectivity index (χ3v) is 6.69. The molecule has 4 rings (SSSR count). The van der Waals surface area contributed by atoms with E-state index in [1.54, 1.807) is 22.9 Å². The molecule has 0 aliphatic carbocycles. The van der Waals surface area contributed by atoms with E-state index < -0.39 is 9.84 Å². The van der Waals surface area contributed by atoms with Crippen LogP contribution < -0.4 is 5.32 Å². The van der Waals surface area contributed by atoms with Crippen LogP contribution in [-0.4, -0.2) is 35.6 Å². The fraction of sp³-hybridized carbons (Fsp3) is 0.300. The van der Waals surface area contributed by atoms with Gasteiger partial charge in [0.2, 0.25) is 0 Å². The Labute approximate surface area is 163 Å². The first-order valence-electron chi connectivity index (χ1n) is 9.20. The van der Waals surface area contributed by atoms with Crippen LogP contribution in [0.15, 0.2) is 53.1 Å². The zero-order chi connectivity index (χ0) is 19.7. The molecule has 28 heavy (non-hydrogen) atoms. The van der Waals surface area contributed by atoms with Gasteiger partial charge in [-0.05, 0) is 36.6 Å². The molecule has 0 spiro atoms. The number of nitrogens with one attached hydrogen (secondary N) is 1. The number of anilines is 1. The molecule has 1 atom stereocenters. The first-order chi connectivity index (χ1) is 13.5. The van der Waals surface area contributed by atoms with Crippen LogP contribution >= 0.6 is 0 Å². The summed E-state index contributed by atoms with van der Waals surface area (Å²) in [6.07, 6.45) is 2.80. The number of furan rings is 1. The molecule has 7 nitrogen and oxygen atoms in total. The topological polar surface area (TPSA) is 94.2 Å². The van der Waals surface area contributed by atoms with Crippen LogP contribution in [0.3, 0.4) is 0 Å². The first-order valence-corrected chi connectivity index (χ1v) is 11.0. The number of carbonyl (C=O) groups excluding carboxylic acids is 1. The van der Waals surface area contributed by atoms with Gasteiger partial charge in [0, 0.05) is 11.8 Å². The predicted octanol–water partition coefficient (Wildman–Crippen LogP) is 3.32. The molecule has 1 unspecified atom stereocenters. The highest BCUT2D eigenvalue weighted by atomic mass is 32.2. The van der Waals surface area contributed by atoms with Gasteiger partial charge in [-0.1, -0.05) is 25.1 Å². The predicted molar refractivity (Wildman–Crippen MR) is 106 cm³/mol. The maximum atomic E-state index is 12.8. The Bertz CT molecular complexity index is 1100. The van der Waals surface area contributed by atoms with Gasteiger partial charge < -0.3 is 9.73 Å². The maximum absolute atomic E-state index is 12.8. The summed E-state index contributed by atoms with van der Waals surface area (Å²) >= 11 is 0. The van der Waals surface area contributed by atoms with Crippen molar-refractivity contribution in [3.05, 3.63) is 60.0 Å². The number of carbonyl (C=O) groups is 1. The van der Waals surface area contributed by atoms with Gasteiger partial charge in [0.1, 0.15) is 5.69 Å². The number of amides is 1. The molecule has 0 radical (unpaired) electrons. The van der Waals surface area contributed by atoms with E-state index in [1.807, 2.05) is 31.2 Å². The van der Waals surface area contributed by atoms with Gasteiger partial charge in [-0.15, -0.1) is 0 Å². The Morgan fingerprint density at radius 2 is 2.11 bits per heavy atom. The van der Waals surface area contributed by atoms with Crippen LogP contribution in [-0.2, 0) is 16.3 Å². The number of nitrogens with zero attached hydrogens (tertiary/aromatic N) is 2. The molecule has 3 aromatic rings. The molecule has 146 valence electrons. The molecule has 1 saturated heterocycles. The lowest BCUT2D eigenvalue weighted by Crippen LogP contribution is -2.17. The lowest BCUT2D eigenvalue weighted by molar-refractivity contribution is 0.102. The maximum Gasteiger partial charge on any atom is 0.276 e. The lowest BCUT2D eigenvalue weighted by Gasteiger charge is -2.11. The summed E-state index contributed by atoms with van der Waals surface area (Å²) in [6, 6.07) is 12.5. The standard InChI is InChI=1S/C20H21N3O4S/c1-2-14-6-3-4-7-16(14)21-20(24)17-12-18(19-8-5-10-27-19)23(22-17)15-9-11-28(25,26)13-15/h3-8,10,12,15H,2,9,11,13H2,1H3,(H,21,24). The second kappa shape index (κ2) is 7.27. The highest BCUT2D eigenvalue weighted by molar-refractivity contribution is 7.91. The number of rotatable bonds is 5. The van der Waals surface area contributed by atoms with Gasteiger partial charge in [0.05, 0.1) is 23.8 Å². The van der Waals surface area contributed by atoms with Gasteiger partial charge in [-0.2, -0.15) is 5.10 Å². The highest BCUT2D eigenvalue weighted by Gasteiger charge is 2.32. The van der Waals surface area contributed by atoms with Crippen molar-refractivity contribution in [2.75, 3.05) is 16.8 Å². The van der Waals surface area contributed by atoms with Gasteiger partial charge in [-0.25, -0.2) is 8.42 Å². The van der Waals surface area contributed by atoms with Gasteiger partial charge in [0.25, 0.3) is 5.91 Å². The molecular formula is C20H21N3O4S. The van der Waals surface area contributed by atoms with Gasteiger partial charge >= 0.3 is 0 Å². The largest absolute Gasteiger partial charge is 0.463 e. The molecule has 0 saturated carbocycles.